The van der Waals surface area contributed by atoms with Gasteiger partial charge >= 0.3 is 0 Å². The van der Waals surface area contributed by atoms with Crippen LogP contribution in [-0.4, -0.2) is 30.1 Å². The molecule has 0 aliphatic carbocycles. The van der Waals surface area contributed by atoms with Crippen LogP contribution in [0.25, 0.3) is 11.3 Å². The smallest absolute Gasteiger partial charge is 0.224 e. The zero-order valence-electron chi connectivity index (χ0n) is 14.6. The van der Waals surface area contributed by atoms with Gasteiger partial charge in [0, 0.05) is 23.3 Å². The van der Waals surface area contributed by atoms with Gasteiger partial charge in [0.25, 0.3) is 0 Å². The third kappa shape index (κ3) is 4.37. The van der Waals surface area contributed by atoms with E-state index in [0.717, 1.165) is 21.8 Å². The molecule has 6 nitrogen and oxygen atoms in total. The monoisotopic (exact) mass is 369 g/mol. The molecule has 0 radical (unpaired) electrons. The summed E-state index contributed by atoms with van der Waals surface area (Å²) in [5.41, 5.74) is 2.76. The number of hydrogen-bond acceptors (Lipinski definition) is 6. The predicted molar refractivity (Wildman–Crippen MR) is 100 cm³/mol. The second-order valence-electron chi connectivity index (χ2n) is 5.51. The van der Waals surface area contributed by atoms with Crippen LogP contribution in [0.4, 0.5) is 0 Å². The van der Waals surface area contributed by atoms with E-state index in [1.165, 1.54) is 11.3 Å². The van der Waals surface area contributed by atoms with Gasteiger partial charge in [-0.15, -0.1) is 11.3 Å². The maximum atomic E-state index is 12.2. The molecule has 1 amide bonds. The normalized spacial score (nSPS) is 10.4. The molecule has 0 saturated heterocycles. The number of methoxy groups -OCH3 is 2. The standard InChI is InChI=1S/C19H19N3O3S/c1-24-16-4-3-13(9-17(16)25-2)10-18(23)21-11-19-22-15(12-26-19)14-5-7-20-8-6-14/h3-9,12H,10-11H2,1-2H3,(H,21,23). The quantitative estimate of drug-likeness (QED) is 0.693. The van der Waals surface area contributed by atoms with Gasteiger partial charge in [-0.1, -0.05) is 6.07 Å². The van der Waals surface area contributed by atoms with Crippen LogP contribution in [0.5, 0.6) is 11.5 Å². The number of benzene rings is 1. The molecule has 0 unspecified atom stereocenters. The summed E-state index contributed by atoms with van der Waals surface area (Å²) in [5.74, 6) is 1.18. The summed E-state index contributed by atoms with van der Waals surface area (Å²) in [6, 6.07) is 9.28. The molecule has 0 fully saturated rings. The number of nitrogens with one attached hydrogen (secondary N) is 1. The van der Waals surface area contributed by atoms with Crippen molar-refractivity contribution in [2.24, 2.45) is 0 Å². The summed E-state index contributed by atoms with van der Waals surface area (Å²) in [4.78, 5) is 20.8. The van der Waals surface area contributed by atoms with Crippen molar-refractivity contribution in [2.45, 2.75) is 13.0 Å². The van der Waals surface area contributed by atoms with Crippen molar-refractivity contribution in [3.63, 3.8) is 0 Å². The number of carbonyl (C=O) groups is 1. The minimum absolute atomic E-state index is 0.0714. The lowest BCUT2D eigenvalue weighted by molar-refractivity contribution is -0.120. The molecule has 1 aromatic carbocycles. The summed E-state index contributed by atoms with van der Waals surface area (Å²) >= 11 is 1.52. The van der Waals surface area contributed by atoms with Crippen molar-refractivity contribution in [1.82, 2.24) is 15.3 Å². The van der Waals surface area contributed by atoms with Crippen molar-refractivity contribution in [2.75, 3.05) is 14.2 Å². The minimum atomic E-state index is -0.0714. The Bertz CT molecular complexity index is 881. The van der Waals surface area contributed by atoms with E-state index in [-0.39, 0.29) is 12.3 Å². The first kappa shape index (κ1) is 17.9. The zero-order valence-corrected chi connectivity index (χ0v) is 15.4. The van der Waals surface area contributed by atoms with E-state index in [4.69, 9.17) is 9.47 Å². The van der Waals surface area contributed by atoms with E-state index in [9.17, 15) is 4.79 Å². The maximum Gasteiger partial charge on any atom is 0.224 e. The van der Waals surface area contributed by atoms with Crippen molar-refractivity contribution < 1.29 is 14.3 Å². The summed E-state index contributed by atoms with van der Waals surface area (Å²) in [7, 11) is 3.16. The van der Waals surface area contributed by atoms with Crippen LogP contribution >= 0.6 is 11.3 Å². The van der Waals surface area contributed by atoms with E-state index < -0.39 is 0 Å². The first-order chi connectivity index (χ1) is 12.7. The summed E-state index contributed by atoms with van der Waals surface area (Å²) in [6.07, 6.45) is 3.74. The van der Waals surface area contributed by atoms with Gasteiger partial charge in [-0.25, -0.2) is 4.98 Å². The Morgan fingerprint density at radius 1 is 1.12 bits per heavy atom. The fourth-order valence-corrected chi connectivity index (χ4v) is 3.20. The highest BCUT2D eigenvalue weighted by Crippen LogP contribution is 2.27. The maximum absolute atomic E-state index is 12.2. The number of pyridine rings is 1. The zero-order chi connectivity index (χ0) is 18.4. The second kappa shape index (κ2) is 8.44. The number of thiazole rings is 1. The van der Waals surface area contributed by atoms with Crippen LogP contribution in [0.15, 0.2) is 48.1 Å². The molecule has 1 N–H and O–H groups in total. The number of aromatic nitrogens is 2. The number of rotatable bonds is 7. The molecule has 3 aromatic rings. The van der Waals surface area contributed by atoms with Crippen LogP contribution < -0.4 is 14.8 Å². The van der Waals surface area contributed by atoms with Crippen LogP contribution in [-0.2, 0) is 17.8 Å². The van der Waals surface area contributed by atoms with Crippen molar-refractivity contribution in [1.29, 1.82) is 0 Å². The molecule has 134 valence electrons. The topological polar surface area (TPSA) is 73.3 Å². The fraction of sp³-hybridized carbons (Fsp3) is 0.211. The molecular formula is C19H19N3O3S. The van der Waals surface area contributed by atoms with Crippen LogP contribution in [0.1, 0.15) is 10.6 Å². The molecular weight excluding hydrogens is 350 g/mol. The molecule has 26 heavy (non-hydrogen) atoms. The van der Waals surface area contributed by atoms with Gasteiger partial charge in [0.15, 0.2) is 11.5 Å². The number of nitrogens with zero attached hydrogens (tertiary/aromatic N) is 2. The summed E-state index contributed by atoms with van der Waals surface area (Å²) in [6.45, 7) is 0.405. The third-order valence-corrected chi connectivity index (χ3v) is 4.63. The second-order valence-corrected chi connectivity index (χ2v) is 6.45. The summed E-state index contributed by atoms with van der Waals surface area (Å²) < 4.78 is 10.5. The Kier molecular flexibility index (Phi) is 5.80. The van der Waals surface area contributed by atoms with E-state index in [2.05, 4.69) is 15.3 Å². The molecule has 3 rings (SSSR count). The largest absolute Gasteiger partial charge is 0.493 e. The minimum Gasteiger partial charge on any atom is -0.493 e. The van der Waals surface area contributed by atoms with Gasteiger partial charge in [0.05, 0.1) is 32.9 Å². The Morgan fingerprint density at radius 3 is 2.62 bits per heavy atom. The number of carbonyl (C=O) groups excluding carboxylic acids is 1. The van der Waals surface area contributed by atoms with Crippen molar-refractivity contribution in [3.05, 3.63) is 58.7 Å². The number of amides is 1. The van der Waals surface area contributed by atoms with Gasteiger partial charge in [0.2, 0.25) is 5.91 Å². The highest BCUT2D eigenvalue weighted by molar-refractivity contribution is 7.09. The number of ether oxygens (including phenoxy) is 2. The highest BCUT2D eigenvalue weighted by atomic mass is 32.1. The van der Waals surface area contributed by atoms with E-state index in [0.29, 0.717) is 18.0 Å². The fourth-order valence-electron chi connectivity index (χ4n) is 2.46. The van der Waals surface area contributed by atoms with Gasteiger partial charge in [0.1, 0.15) is 5.01 Å². The molecule has 0 aliphatic rings. The average molecular weight is 369 g/mol. The number of hydrogen-bond donors (Lipinski definition) is 1. The highest BCUT2D eigenvalue weighted by Gasteiger charge is 2.10. The van der Waals surface area contributed by atoms with Crippen LogP contribution in [0.3, 0.4) is 0 Å². The van der Waals surface area contributed by atoms with Gasteiger partial charge in [-0.05, 0) is 29.8 Å². The Morgan fingerprint density at radius 2 is 1.88 bits per heavy atom. The van der Waals surface area contributed by atoms with Crippen molar-refractivity contribution >= 4 is 17.2 Å². The Hall–Kier alpha value is -2.93. The lowest BCUT2D eigenvalue weighted by Crippen LogP contribution is -2.24. The molecule has 0 spiro atoms. The van der Waals surface area contributed by atoms with Gasteiger partial charge in [-0.2, -0.15) is 0 Å². The third-order valence-electron chi connectivity index (χ3n) is 3.78. The predicted octanol–water partition coefficient (Wildman–Crippen LogP) is 3.08. The summed E-state index contributed by atoms with van der Waals surface area (Å²) in [5, 5.41) is 5.74. The Labute approximate surface area is 155 Å². The molecule has 0 atom stereocenters. The Balaban J connectivity index is 1.57. The molecule has 7 heteroatoms. The van der Waals surface area contributed by atoms with Gasteiger partial charge < -0.3 is 14.8 Å². The molecule has 0 saturated carbocycles. The van der Waals surface area contributed by atoms with E-state index >= 15 is 0 Å². The molecule has 2 heterocycles. The van der Waals surface area contributed by atoms with Gasteiger partial charge in [-0.3, -0.25) is 9.78 Å². The lowest BCUT2D eigenvalue weighted by atomic mass is 10.1. The first-order valence-electron chi connectivity index (χ1n) is 8.02. The van der Waals surface area contributed by atoms with Crippen LogP contribution in [0, 0.1) is 0 Å². The molecule has 2 aromatic heterocycles. The van der Waals surface area contributed by atoms with Crippen molar-refractivity contribution in [3.8, 4) is 22.8 Å². The van der Waals surface area contributed by atoms with E-state index in [1.54, 1.807) is 32.7 Å². The lowest BCUT2D eigenvalue weighted by Gasteiger charge is -2.09. The average Bonchev–Trinajstić information content (AvgIpc) is 3.16. The molecule has 0 aliphatic heterocycles. The molecule has 0 bridgehead atoms. The van der Waals surface area contributed by atoms with E-state index in [1.807, 2.05) is 29.6 Å². The van der Waals surface area contributed by atoms with Crippen LogP contribution in [0.2, 0.25) is 0 Å². The SMILES string of the molecule is COc1ccc(CC(=O)NCc2nc(-c3ccncc3)cs2)cc1OC. The first-order valence-corrected chi connectivity index (χ1v) is 8.90.